The number of aryl methyl sites for hydroxylation is 1. The first-order chi connectivity index (χ1) is 10.2. The van der Waals surface area contributed by atoms with Crippen LogP contribution in [0.15, 0.2) is 35.6 Å². The lowest BCUT2D eigenvalue weighted by Gasteiger charge is -2.05. The third-order valence-corrected chi connectivity index (χ3v) is 2.73. The molecule has 0 bridgehead atoms. The zero-order valence-corrected chi connectivity index (χ0v) is 11.9. The van der Waals surface area contributed by atoms with Crippen molar-refractivity contribution < 1.29 is 4.74 Å². The Bertz CT molecular complexity index is 669. The highest BCUT2D eigenvalue weighted by atomic mass is 16.5. The average Bonchev–Trinajstić information content (AvgIpc) is 2.80. The van der Waals surface area contributed by atoms with Crippen LogP contribution in [0.4, 0.5) is 5.95 Å². The Kier molecular flexibility index (Phi) is 4.94. The van der Waals surface area contributed by atoms with E-state index in [9.17, 15) is 0 Å². The molecule has 0 aliphatic rings. The van der Waals surface area contributed by atoms with Crippen LogP contribution in [0, 0.1) is 18.3 Å². The molecule has 1 aromatic heterocycles. The van der Waals surface area contributed by atoms with Crippen molar-refractivity contribution in [3.8, 4) is 11.8 Å². The number of aromatic nitrogens is 2. The van der Waals surface area contributed by atoms with E-state index in [1.165, 1.54) is 4.68 Å². The number of unbranched alkanes of at least 4 members (excludes halogenated alkanes) is 1. The van der Waals surface area contributed by atoms with Gasteiger partial charge in [0.25, 0.3) is 0 Å². The van der Waals surface area contributed by atoms with Gasteiger partial charge in [-0.2, -0.15) is 10.4 Å². The zero-order chi connectivity index (χ0) is 15.1. The number of nitrogens with zero attached hydrogens (tertiary/aromatic N) is 4. The van der Waals surface area contributed by atoms with Gasteiger partial charge >= 0.3 is 0 Å². The molecule has 108 valence electrons. The van der Waals surface area contributed by atoms with Crippen molar-refractivity contribution in [2.75, 3.05) is 12.3 Å². The van der Waals surface area contributed by atoms with Crippen LogP contribution < -0.4 is 10.5 Å². The van der Waals surface area contributed by atoms with Crippen molar-refractivity contribution in [3.05, 3.63) is 41.7 Å². The quantitative estimate of drug-likeness (QED) is 0.651. The number of imidazole rings is 1. The van der Waals surface area contributed by atoms with E-state index in [1.54, 1.807) is 12.4 Å². The van der Waals surface area contributed by atoms with E-state index in [4.69, 9.17) is 15.7 Å². The van der Waals surface area contributed by atoms with Gasteiger partial charge in [-0.3, -0.25) is 0 Å². The minimum absolute atomic E-state index is 0.354. The molecular formula is C15H17N5O. The van der Waals surface area contributed by atoms with E-state index < -0.39 is 0 Å². The topological polar surface area (TPSA) is 89.2 Å². The number of nitrogen functional groups attached to an aromatic ring is 1. The van der Waals surface area contributed by atoms with Crippen molar-refractivity contribution in [2.45, 2.75) is 19.8 Å². The van der Waals surface area contributed by atoms with Crippen molar-refractivity contribution in [1.29, 1.82) is 5.26 Å². The van der Waals surface area contributed by atoms with Gasteiger partial charge in [0.15, 0.2) is 0 Å². The van der Waals surface area contributed by atoms with Crippen LogP contribution >= 0.6 is 0 Å². The Morgan fingerprint density at radius 2 is 2.38 bits per heavy atom. The molecule has 0 atom stereocenters. The van der Waals surface area contributed by atoms with E-state index in [2.05, 4.69) is 16.2 Å². The summed E-state index contributed by atoms with van der Waals surface area (Å²) in [7, 11) is 0. The average molecular weight is 283 g/mol. The molecule has 6 heteroatoms. The number of hydrogen-bond donors (Lipinski definition) is 1. The lowest BCUT2D eigenvalue weighted by Crippen LogP contribution is -1.98. The van der Waals surface area contributed by atoms with Gasteiger partial charge in [0.2, 0.25) is 5.95 Å². The minimum Gasteiger partial charge on any atom is -0.494 e. The molecule has 0 radical (unpaired) electrons. The second-order valence-electron chi connectivity index (χ2n) is 4.51. The smallest absolute Gasteiger partial charge is 0.221 e. The van der Waals surface area contributed by atoms with E-state index >= 15 is 0 Å². The van der Waals surface area contributed by atoms with E-state index in [-0.39, 0.29) is 0 Å². The summed E-state index contributed by atoms with van der Waals surface area (Å²) in [6, 6.07) is 9.66. The first-order valence-electron chi connectivity index (χ1n) is 6.64. The number of ether oxygens (including phenoxy) is 1. The van der Waals surface area contributed by atoms with Crippen LogP contribution in [0.5, 0.6) is 5.75 Å². The highest BCUT2D eigenvalue weighted by molar-refractivity contribution is 5.80. The van der Waals surface area contributed by atoms with Gasteiger partial charge in [0.05, 0.1) is 30.8 Å². The van der Waals surface area contributed by atoms with E-state index in [0.29, 0.717) is 19.0 Å². The molecule has 0 aliphatic heterocycles. The number of nitrogens with two attached hydrogens (primary N) is 1. The maximum absolute atomic E-state index is 8.47. The van der Waals surface area contributed by atoms with Gasteiger partial charge < -0.3 is 10.5 Å². The summed E-state index contributed by atoms with van der Waals surface area (Å²) < 4.78 is 7.10. The largest absolute Gasteiger partial charge is 0.494 e. The van der Waals surface area contributed by atoms with Gasteiger partial charge in [-0.25, -0.2) is 9.66 Å². The Balaban J connectivity index is 2.00. The molecule has 2 rings (SSSR count). The fourth-order valence-corrected chi connectivity index (χ4v) is 1.75. The molecule has 0 amide bonds. The third kappa shape index (κ3) is 4.35. The Morgan fingerprint density at radius 3 is 3.10 bits per heavy atom. The van der Waals surface area contributed by atoms with Crippen LogP contribution in [0.2, 0.25) is 0 Å². The second kappa shape index (κ2) is 7.10. The predicted octanol–water partition coefficient (Wildman–Crippen LogP) is 2.34. The predicted molar refractivity (Wildman–Crippen MR) is 81.2 cm³/mol. The lowest BCUT2D eigenvalue weighted by atomic mass is 10.2. The molecular weight excluding hydrogens is 266 g/mol. The zero-order valence-electron chi connectivity index (χ0n) is 11.9. The van der Waals surface area contributed by atoms with Crippen LogP contribution in [-0.2, 0) is 0 Å². The molecule has 1 heterocycles. The molecule has 0 fully saturated rings. The first kappa shape index (κ1) is 14.6. The summed E-state index contributed by atoms with van der Waals surface area (Å²) in [5.41, 5.74) is 7.44. The first-order valence-corrected chi connectivity index (χ1v) is 6.64. The van der Waals surface area contributed by atoms with Crippen molar-refractivity contribution >= 4 is 12.2 Å². The van der Waals surface area contributed by atoms with Gasteiger partial charge in [0, 0.05) is 6.42 Å². The molecule has 0 saturated heterocycles. The van der Waals surface area contributed by atoms with Crippen molar-refractivity contribution in [3.63, 3.8) is 0 Å². The van der Waals surface area contributed by atoms with Crippen LogP contribution in [0.1, 0.15) is 24.1 Å². The van der Waals surface area contributed by atoms with Crippen molar-refractivity contribution in [1.82, 2.24) is 9.66 Å². The fraction of sp³-hybridized carbons (Fsp3) is 0.267. The summed E-state index contributed by atoms with van der Waals surface area (Å²) in [6.07, 6.45) is 4.67. The number of rotatable bonds is 6. The standard InChI is InChI=1S/C15H17N5O/c1-12-11-20(15(17)19-12)18-10-13-5-4-6-14(9-13)21-8-3-2-7-16/h4-6,9-11H,2-3,8H2,1H3,(H2,17,19). The molecule has 0 spiro atoms. The van der Waals surface area contributed by atoms with Gasteiger partial charge in [-0.05, 0) is 31.0 Å². The normalized spacial score (nSPS) is 10.7. The highest BCUT2D eigenvalue weighted by Gasteiger charge is 1.99. The van der Waals surface area contributed by atoms with Gasteiger partial charge in [-0.15, -0.1) is 0 Å². The Morgan fingerprint density at radius 1 is 1.52 bits per heavy atom. The molecule has 1 aromatic carbocycles. The van der Waals surface area contributed by atoms with Gasteiger partial charge in [-0.1, -0.05) is 12.1 Å². The molecule has 0 unspecified atom stereocenters. The van der Waals surface area contributed by atoms with E-state index in [1.807, 2.05) is 31.2 Å². The summed E-state index contributed by atoms with van der Waals surface area (Å²) in [6.45, 7) is 2.39. The summed E-state index contributed by atoms with van der Waals surface area (Å²) >= 11 is 0. The molecule has 0 aliphatic carbocycles. The summed E-state index contributed by atoms with van der Waals surface area (Å²) in [4.78, 5) is 4.07. The minimum atomic E-state index is 0.354. The molecule has 0 saturated carbocycles. The highest BCUT2D eigenvalue weighted by Crippen LogP contribution is 2.13. The molecule has 21 heavy (non-hydrogen) atoms. The number of benzene rings is 1. The SMILES string of the molecule is Cc1cn(N=Cc2cccc(OCCCC#N)c2)c(N)n1. The van der Waals surface area contributed by atoms with Crippen LogP contribution in [0.3, 0.4) is 0 Å². The fourth-order valence-electron chi connectivity index (χ4n) is 1.75. The summed E-state index contributed by atoms with van der Waals surface area (Å²) in [5, 5.41) is 12.7. The number of hydrogen-bond acceptors (Lipinski definition) is 5. The van der Waals surface area contributed by atoms with Crippen molar-refractivity contribution in [2.24, 2.45) is 5.10 Å². The lowest BCUT2D eigenvalue weighted by molar-refractivity contribution is 0.312. The number of anilines is 1. The maximum Gasteiger partial charge on any atom is 0.221 e. The van der Waals surface area contributed by atoms with Crippen LogP contribution in [-0.4, -0.2) is 22.5 Å². The van der Waals surface area contributed by atoms with Crippen LogP contribution in [0.25, 0.3) is 0 Å². The van der Waals surface area contributed by atoms with E-state index in [0.717, 1.165) is 23.4 Å². The third-order valence-electron chi connectivity index (χ3n) is 2.73. The maximum atomic E-state index is 8.47. The summed E-state index contributed by atoms with van der Waals surface area (Å²) in [5.74, 6) is 1.11. The Hall–Kier alpha value is -2.81. The number of nitriles is 1. The second-order valence-corrected chi connectivity index (χ2v) is 4.51. The molecule has 6 nitrogen and oxygen atoms in total. The Labute approximate surface area is 123 Å². The monoisotopic (exact) mass is 283 g/mol. The van der Waals surface area contributed by atoms with Gasteiger partial charge in [0.1, 0.15) is 5.75 Å². The molecule has 2 N–H and O–H groups in total. The molecule has 2 aromatic rings.